The maximum Gasteiger partial charge on any atom is 0.305 e. The normalized spacial score (nSPS) is 14.4. The zero-order chi connectivity index (χ0) is 25.1. The van der Waals surface area contributed by atoms with E-state index in [0.717, 1.165) is 38.8 Å². The fraction of sp³-hybridized carbons (Fsp3) is 0.962. The van der Waals surface area contributed by atoms with Crippen molar-refractivity contribution < 1.29 is 38.0 Å². The predicted octanol–water partition coefficient (Wildman–Crippen LogP) is 3.13. The van der Waals surface area contributed by atoms with Crippen LogP contribution in [0.15, 0.2) is 0 Å². The number of ether oxygens (including phenoxy) is 7. The van der Waals surface area contributed by atoms with Crippen molar-refractivity contribution in [2.75, 3.05) is 92.4 Å². The summed E-state index contributed by atoms with van der Waals surface area (Å²) in [7, 11) is 0. The van der Waals surface area contributed by atoms with Crippen LogP contribution in [0.3, 0.4) is 0 Å². The number of piperidine rings is 1. The molecule has 1 aliphatic heterocycles. The van der Waals surface area contributed by atoms with Crippen molar-refractivity contribution in [2.45, 2.75) is 70.8 Å². The zero-order valence-electron chi connectivity index (χ0n) is 22.1. The Morgan fingerprint density at radius 2 is 1.09 bits per heavy atom. The van der Waals surface area contributed by atoms with Gasteiger partial charge in [0.2, 0.25) is 0 Å². The second-order valence-electron chi connectivity index (χ2n) is 8.62. The van der Waals surface area contributed by atoms with Gasteiger partial charge in [-0.2, -0.15) is 0 Å². The van der Waals surface area contributed by atoms with E-state index < -0.39 is 0 Å². The van der Waals surface area contributed by atoms with Crippen LogP contribution in [0.25, 0.3) is 0 Å². The summed E-state index contributed by atoms with van der Waals surface area (Å²) >= 11 is 0. The molecule has 35 heavy (non-hydrogen) atoms. The van der Waals surface area contributed by atoms with Crippen molar-refractivity contribution in [3.63, 3.8) is 0 Å². The van der Waals surface area contributed by atoms with E-state index in [1.807, 2.05) is 0 Å². The number of hydrogen-bond donors (Lipinski definition) is 1. The van der Waals surface area contributed by atoms with Gasteiger partial charge in [-0.15, -0.1) is 0 Å². The van der Waals surface area contributed by atoms with E-state index in [1.165, 1.54) is 25.7 Å². The van der Waals surface area contributed by atoms with Crippen LogP contribution in [0.4, 0.5) is 0 Å². The molecule has 9 nitrogen and oxygen atoms in total. The Bertz CT molecular complexity index is 449. The molecule has 1 rings (SSSR count). The minimum atomic E-state index is -0.133. The lowest BCUT2D eigenvalue weighted by Gasteiger charge is -2.22. The zero-order valence-corrected chi connectivity index (χ0v) is 22.1. The molecule has 0 aliphatic carbocycles. The molecule has 1 aliphatic rings. The van der Waals surface area contributed by atoms with E-state index in [9.17, 15) is 4.79 Å². The van der Waals surface area contributed by atoms with Crippen molar-refractivity contribution in [1.29, 1.82) is 0 Å². The molecule has 9 heteroatoms. The highest BCUT2D eigenvalue weighted by atomic mass is 16.6. The Morgan fingerprint density at radius 1 is 0.629 bits per heavy atom. The molecule has 0 amide bonds. The smallest absolute Gasteiger partial charge is 0.305 e. The summed E-state index contributed by atoms with van der Waals surface area (Å²) in [5, 5.41) is 3.32. The van der Waals surface area contributed by atoms with E-state index in [4.69, 9.17) is 33.2 Å². The molecule has 0 aromatic rings. The Morgan fingerprint density at radius 3 is 1.63 bits per heavy atom. The molecular formula is C26H51NO8. The van der Waals surface area contributed by atoms with Gasteiger partial charge >= 0.3 is 5.97 Å². The van der Waals surface area contributed by atoms with Crippen LogP contribution < -0.4 is 5.32 Å². The number of esters is 1. The molecule has 1 N–H and O–H groups in total. The number of unbranched alkanes of at least 4 members (excludes halogenated alkanes) is 5. The summed E-state index contributed by atoms with van der Waals surface area (Å²) in [5.74, 6) is -0.133. The Hall–Kier alpha value is -0.810. The van der Waals surface area contributed by atoms with E-state index >= 15 is 0 Å². The highest BCUT2D eigenvalue weighted by Crippen LogP contribution is 2.07. The lowest BCUT2D eigenvalue weighted by Crippen LogP contribution is -2.33. The molecule has 0 saturated carbocycles. The third-order valence-electron chi connectivity index (χ3n) is 5.58. The lowest BCUT2D eigenvalue weighted by molar-refractivity contribution is -0.145. The van der Waals surface area contributed by atoms with Gasteiger partial charge in [-0.3, -0.25) is 4.79 Å². The number of carbonyl (C=O) groups is 1. The van der Waals surface area contributed by atoms with Crippen LogP contribution in [-0.2, 0) is 38.0 Å². The summed E-state index contributed by atoms with van der Waals surface area (Å²) in [4.78, 5) is 11.6. The summed E-state index contributed by atoms with van der Waals surface area (Å²) in [6, 6.07) is 0. The monoisotopic (exact) mass is 505 g/mol. The maximum absolute atomic E-state index is 11.6. The Kier molecular flexibility index (Phi) is 24.2. The van der Waals surface area contributed by atoms with Crippen LogP contribution in [0.1, 0.15) is 64.7 Å². The average Bonchev–Trinajstić information content (AvgIpc) is 2.88. The highest BCUT2D eigenvalue weighted by Gasteiger charge is 2.12. The third kappa shape index (κ3) is 23.3. The standard InChI is InChI=1S/C26H51NO8/c1-2-3-4-5-6-7-8-26(28)35-24-22-33-20-18-31-16-14-29-13-15-30-17-19-32-21-23-34-25-9-11-27-12-10-25/h25,27H,2-24H2,1H3. The van der Waals surface area contributed by atoms with E-state index in [1.54, 1.807) is 0 Å². The van der Waals surface area contributed by atoms with Crippen molar-refractivity contribution in [3.05, 3.63) is 0 Å². The molecule has 1 fully saturated rings. The number of rotatable bonds is 26. The van der Waals surface area contributed by atoms with Gasteiger partial charge < -0.3 is 38.5 Å². The van der Waals surface area contributed by atoms with Gasteiger partial charge in [-0.1, -0.05) is 39.0 Å². The minimum absolute atomic E-state index is 0.133. The molecule has 1 heterocycles. The maximum atomic E-state index is 11.6. The summed E-state index contributed by atoms with van der Waals surface area (Å²) in [6.07, 6.45) is 10.0. The van der Waals surface area contributed by atoms with Gasteiger partial charge in [0, 0.05) is 6.42 Å². The van der Waals surface area contributed by atoms with Crippen LogP contribution in [-0.4, -0.2) is 104 Å². The van der Waals surface area contributed by atoms with Gasteiger partial charge in [0.25, 0.3) is 0 Å². The summed E-state index contributed by atoms with van der Waals surface area (Å²) in [6.45, 7) is 10.4. The molecular weight excluding hydrogens is 454 g/mol. The lowest BCUT2D eigenvalue weighted by atomic mass is 10.1. The van der Waals surface area contributed by atoms with Crippen LogP contribution in [0, 0.1) is 0 Å². The van der Waals surface area contributed by atoms with Crippen molar-refractivity contribution in [3.8, 4) is 0 Å². The first-order chi connectivity index (χ1) is 17.3. The second-order valence-corrected chi connectivity index (χ2v) is 8.62. The first kappa shape index (κ1) is 32.2. The molecule has 0 aromatic heterocycles. The second kappa shape index (κ2) is 26.3. The van der Waals surface area contributed by atoms with Gasteiger partial charge in [0.15, 0.2) is 0 Å². The van der Waals surface area contributed by atoms with Gasteiger partial charge in [0.1, 0.15) is 6.61 Å². The molecule has 0 bridgehead atoms. The van der Waals surface area contributed by atoms with Crippen molar-refractivity contribution in [1.82, 2.24) is 5.32 Å². The van der Waals surface area contributed by atoms with Crippen molar-refractivity contribution in [2.24, 2.45) is 0 Å². The Labute approximate surface area is 212 Å². The van der Waals surface area contributed by atoms with Gasteiger partial charge in [-0.05, 0) is 32.4 Å². The minimum Gasteiger partial charge on any atom is -0.463 e. The van der Waals surface area contributed by atoms with Gasteiger partial charge in [-0.25, -0.2) is 0 Å². The summed E-state index contributed by atoms with van der Waals surface area (Å²) < 4.78 is 38.2. The van der Waals surface area contributed by atoms with Crippen LogP contribution >= 0.6 is 0 Å². The molecule has 0 atom stereocenters. The van der Waals surface area contributed by atoms with Crippen LogP contribution in [0.2, 0.25) is 0 Å². The fourth-order valence-electron chi connectivity index (χ4n) is 3.55. The molecule has 0 radical (unpaired) electrons. The number of carbonyl (C=O) groups excluding carboxylic acids is 1. The fourth-order valence-corrected chi connectivity index (χ4v) is 3.55. The quantitative estimate of drug-likeness (QED) is 0.141. The van der Waals surface area contributed by atoms with Crippen molar-refractivity contribution >= 4 is 5.97 Å². The van der Waals surface area contributed by atoms with E-state index in [2.05, 4.69) is 12.2 Å². The largest absolute Gasteiger partial charge is 0.463 e. The number of hydrogen-bond acceptors (Lipinski definition) is 9. The predicted molar refractivity (Wildman–Crippen MR) is 135 cm³/mol. The molecule has 1 saturated heterocycles. The van der Waals surface area contributed by atoms with E-state index in [-0.39, 0.29) is 5.97 Å². The van der Waals surface area contributed by atoms with Crippen LogP contribution in [0.5, 0.6) is 0 Å². The topological polar surface area (TPSA) is 93.7 Å². The molecule has 0 unspecified atom stereocenters. The first-order valence-corrected chi connectivity index (χ1v) is 13.7. The summed E-state index contributed by atoms with van der Waals surface area (Å²) in [5.41, 5.74) is 0. The van der Waals surface area contributed by atoms with E-state index in [0.29, 0.717) is 91.8 Å². The van der Waals surface area contributed by atoms with Gasteiger partial charge in [0.05, 0.1) is 78.8 Å². The first-order valence-electron chi connectivity index (χ1n) is 13.7. The number of nitrogens with one attached hydrogen (secondary N) is 1. The molecule has 0 aromatic carbocycles. The SMILES string of the molecule is CCCCCCCCC(=O)OCCOCCOCCOCCOCCOCCOC1CCNCC1. The third-order valence-corrected chi connectivity index (χ3v) is 5.58. The molecule has 0 spiro atoms. The highest BCUT2D eigenvalue weighted by molar-refractivity contribution is 5.69. The Balaban J connectivity index is 1.66. The average molecular weight is 506 g/mol. The molecule has 208 valence electrons.